The summed E-state index contributed by atoms with van der Waals surface area (Å²) in [5.41, 5.74) is 2.50. The first-order valence-electron chi connectivity index (χ1n) is 7.47. The van der Waals surface area contributed by atoms with Gasteiger partial charge in [0.05, 0.1) is 11.8 Å². The van der Waals surface area contributed by atoms with Crippen molar-refractivity contribution in [3.8, 4) is 5.75 Å². The summed E-state index contributed by atoms with van der Waals surface area (Å²) < 4.78 is 11.1. The maximum absolute atomic E-state index is 12.5. The van der Waals surface area contributed by atoms with E-state index in [-0.39, 0.29) is 12.0 Å². The summed E-state index contributed by atoms with van der Waals surface area (Å²) in [6.07, 6.45) is 0.0301. The predicted molar refractivity (Wildman–Crippen MR) is 88.9 cm³/mol. The molecule has 5 heteroatoms. The van der Waals surface area contributed by atoms with Crippen LogP contribution in [0.15, 0.2) is 46.9 Å². The molecule has 1 aromatic heterocycles. The Hall–Kier alpha value is -2.82. The van der Waals surface area contributed by atoms with Gasteiger partial charge in [0.2, 0.25) is 0 Å². The molecular weight excluding hydrogens is 292 g/mol. The molecule has 0 spiro atoms. The molecule has 0 atom stereocenters. The zero-order valence-corrected chi connectivity index (χ0v) is 13.3. The summed E-state index contributed by atoms with van der Waals surface area (Å²) >= 11 is 0. The Balaban J connectivity index is 1.85. The summed E-state index contributed by atoms with van der Waals surface area (Å²) in [5, 5.41) is 2.88. The van der Waals surface area contributed by atoms with Crippen LogP contribution in [0.3, 0.4) is 0 Å². The average Bonchev–Trinajstić information content (AvgIpc) is 2.87. The zero-order chi connectivity index (χ0) is 16.4. The Labute approximate surface area is 134 Å². The van der Waals surface area contributed by atoms with Crippen LogP contribution >= 0.6 is 0 Å². The van der Waals surface area contributed by atoms with E-state index in [4.69, 9.17) is 9.15 Å². The van der Waals surface area contributed by atoms with Gasteiger partial charge in [0, 0.05) is 12.5 Å². The Morgan fingerprint density at radius 2 is 2.00 bits per heavy atom. The molecule has 3 rings (SSSR count). The molecule has 23 heavy (non-hydrogen) atoms. The summed E-state index contributed by atoms with van der Waals surface area (Å²) in [4.78, 5) is 16.7. The van der Waals surface area contributed by atoms with E-state index >= 15 is 0 Å². The molecule has 1 heterocycles. The lowest BCUT2D eigenvalue weighted by molar-refractivity contribution is 0.102. The molecule has 118 valence electrons. The summed E-state index contributed by atoms with van der Waals surface area (Å²) in [6, 6.07) is 12.6. The van der Waals surface area contributed by atoms with Crippen LogP contribution in [-0.4, -0.2) is 17.0 Å². The first-order chi connectivity index (χ1) is 11.0. The number of anilines is 1. The molecular formula is C18H18N2O3. The third-order valence-corrected chi connectivity index (χ3v) is 3.25. The quantitative estimate of drug-likeness (QED) is 0.785. The number of nitrogens with one attached hydrogen (secondary N) is 1. The number of hydrogen-bond acceptors (Lipinski definition) is 4. The van der Waals surface area contributed by atoms with Crippen LogP contribution in [0.2, 0.25) is 0 Å². The SMILES string of the molecule is Cc1nc2cc(C(=O)Nc3ccccc3OC(C)C)ccc2o1. The molecule has 0 saturated heterocycles. The molecule has 0 bridgehead atoms. The van der Waals surface area contributed by atoms with Crippen molar-refractivity contribution in [3.05, 3.63) is 53.9 Å². The molecule has 0 radical (unpaired) electrons. The van der Waals surface area contributed by atoms with Gasteiger partial charge >= 0.3 is 0 Å². The number of carbonyl (C=O) groups excluding carboxylic acids is 1. The first-order valence-corrected chi connectivity index (χ1v) is 7.47. The number of aryl methyl sites for hydroxylation is 1. The summed E-state index contributed by atoms with van der Waals surface area (Å²) in [6.45, 7) is 5.66. The second-order valence-corrected chi connectivity index (χ2v) is 5.53. The van der Waals surface area contributed by atoms with E-state index in [9.17, 15) is 4.79 Å². The molecule has 0 fully saturated rings. The van der Waals surface area contributed by atoms with E-state index in [1.54, 1.807) is 25.1 Å². The Morgan fingerprint density at radius 3 is 2.78 bits per heavy atom. The van der Waals surface area contributed by atoms with E-state index in [1.165, 1.54) is 0 Å². The van der Waals surface area contributed by atoms with Crippen LogP contribution in [0.5, 0.6) is 5.75 Å². The summed E-state index contributed by atoms with van der Waals surface area (Å²) in [5.74, 6) is 1.01. The zero-order valence-electron chi connectivity index (χ0n) is 13.3. The number of amides is 1. The van der Waals surface area contributed by atoms with Gasteiger partial charge in [-0.3, -0.25) is 4.79 Å². The molecule has 3 aromatic rings. The van der Waals surface area contributed by atoms with Crippen molar-refractivity contribution in [2.24, 2.45) is 0 Å². The maximum Gasteiger partial charge on any atom is 0.255 e. The third-order valence-electron chi connectivity index (χ3n) is 3.25. The lowest BCUT2D eigenvalue weighted by Crippen LogP contribution is -2.14. The number of fused-ring (bicyclic) bond motifs is 1. The molecule has 0 saturated carbocycles. The monoisotopic (exact) mass is 310 g/mol. The van der Waals surface area contributed by atoms with Crippen LogP contribution in [0.1, 0.15) is 30.1 Å². The van der Waals surface area contributed by atoms with Crippen molar-refractivity contribution < 1.29 is 13.9 Å². The van der Waals surface area contributed by atoms with Crippen LogP contribution in [0.4, 0.5) is 5.69 Å². The number of ether oxygens (including phenoxy) is 1. The molecule has 0 aliphatic carbocycles. The van der Waals surface area contributed by atoms with Crippen LogP contribution in [0, 0.1) is 6.92 Å². The number of para-hydroxylation sites is 2. The second-order valence-electron chi connectivity index (χ2n) is 5.53. The lowest BCUT2D eigenvalue weighted by atomic mass is 10.2. The van der Waals surface area contributed by atoms with Gasteiger partial charge in [-0.25, -0.2) is 4.98 Å². The molecule has 1 amide bonds. The second kappa shape index (κ2) is 6.12. The van der Waals surface area contributed by atoms with Crippen LogP contribution < -0.4 is 10.1 Å². The van der Waals surface area contributed by atoms with Crippen molar-refractivity contribution in [2.75, 3.05) is 5.32 Å². The average molecular weight is 310 g/mol. The minimum atomic E-state index is -0.215. The number of aromatic nitrogens is 1. The lowest BCUT2D eigenvalue weighted by Gasteiger charge is -2.14. The van der Waals surface area contributed by atoms with Crippen molar-refractivity contribution >= 4 is 22.7 Å². The fourth-order valence-corrected chi connectivity index (χ4v) is 2.30. The predicted octanol–water partition coefficient (Wildman–Crippen LogP) is 4.18. The van der Waals surface area contributed by atoms with Gasteiger partial charge in [-0.1, -0.05) is 12.1 Å². The highest BCUT2D eigenvalue weighted by Gasteiger charge is 2.12. The Kier molecular flexibility index (Phi) is 4.02. The van der Waals surface area contributed by atoms with Crippen molar-refractivity contribution in [3.63, 3.8) is 0 Å². The van der Waals surface area contributed by atoms with E-state index in [1.807, 2.05) is 38.1 Å². The maximum atomic E-state index is 12.5. The molecule has 1 N–H and O–H groups in total. The minimum Gasteiger partial charge on any atom is -0.489 e. The van der Waals surface area contributed by atoms with Crippen molar-refractivity contribution in [2.45, 2.75) is 26.9 Å². The van der Waals surface area contributed by atoms with Gasteiger partial charge in [-0.2, -0.15) is 0 Å². The smallest absolute Gasteiger partial charge is 0.255 e. The Morgan fingerprint density at radius 1 is 1.22 bits per heavy atom. The van der Waals surface area contributed by atoms with E-state index in [2.05, 4.69) is 10.3 Å². The van der Waals surface area contributed by atoms with E-state index in [0.29, 0.717) is 34.0 Å². The topological polar surface area (TPSA) is 64.4 Å². The fourth-order valence-electron chi connectivity index (χ4n) is 2.30. The highest BCUT2D eigenvalue weighted by Crippen LogP contribution is 2.26. The molecule has 2 aromatic carbocycles. The first kappa shape index (κ1) is 15.1. The van der Waals surface area contributed by atoms with Crippen LogP contribution in [0.25, 0.3) is 11.1 Å². The van der Waals surface area contributed by atoms with Crippen LogP contribution in [-0.2, 0) is 0 Å². The van der Waals surface area contributed by atoms with E-state index in [0.717, 1.165) is 0 Å². The molecule has 0 aliphatic heterocycles. The van der Waals surface area contributed by atoms with E-state index < -0.39 is 0 Å². The Bertz CT molecular complexity index is 852. The number of carbonyl (C=O) groups is 1. The van der Waals surface area contributed by atoms with Gasteiger partial charge in [-0.05, 0) is 44.2 Å². The number of benzene rings is 2. The molecule has 0 unspecified atom stereocenters. The standard InChI is InChI=1S/C18H18N2O3/c1-11(2)22-16-7-5-4-6-14(16)20-18(21)13-8-9-17-15(10-13)19-12(3)23-17/h4-11H,1-3H3,(H,20,21). The van der Waals surface area contributed by atoms with Crippen molar-refractivity contribution in [1.82, 2.24) is 4.98 Å². The van der Waals surface area contributed by atoms with Gasteiger partial charge in [0.15, 0.2) is 11.5 Å². The number of hydrogen-bond donors (Lipinski definition) is 1. The molecule has 0 aliphatic rings. The molecule has 5 nitrogen and oxygen atoms in total. The fraction of sp³-hybridized carbons (Fsp3) is 0.222. The summed E-state index contributed by atoms with van der Waals surface area (Å²) in [7, 11) is 0. The number of oxazole rings is 1. The highest BCUT2D eigenvalue weighted by atomic mass is 16.5. The van der Waals surface area contributed by atoms with Gasteiger partial charge in [-0.15, -0.1) is 0 Å². The third kappa shape index (κ3) is 3.34. The largest absolute Gasteiger partial charge is 0.489 e. The van der Waals surface area contributed by atoms with Gasteiger partial charge < -0.3 is 14.5 Å². The highest BCUT2D eigenvalue weighted by molar-refractivity contribution is 6.06. The number of rotatable bonds is 4. The van der Waals surface area contributed by atoms with Gasteiger partial charge in [0.25, 0.3) is 5.91 Å². The number of nitrogens with zero attached hydrogens (tertiary/aromatic N) is 1. The minimum absolute atomic E-state index is 0.0301. The van der Waals surface area contributed by atoms with Crippen molar-refractivity contribution in [1.29, 1.82) is 0 Å². The normalized spacial score (nSPS) is 11.0. The van der Waals surface area contributed by atoms with Gasteiger partial charge in [0.1, 0.15) is 11.3 Å².